The monoisotopic (exact) mass is 401 g/mol. The molecule has 1 aliphatic rings. The normalized spacial score (nSPS) is 15.8. The molecule has 0 saturated carbocycles. The summed E-state index contributed by atoms with van der Waals surface area (Å²) in [4.78, 5) is 13.2. The summed E-state index contributed by atoms with van der Waals surface area (Å²) in [5, 5.41) is 19.0. The summed E-state index contributed by atoms with van der Waals surface area (Å²) in [6.07, 6.45) is 5.38. The third-order valence-corrected chi connectivity index (χ3v) is 4.87. The van der Waals surface area contributed by atoms with Crippen LogP contribution in [0.5, 0.6) is 5.75 Å². The molecule has 2 aromatic heterocycles. The molecule has 1 fully saturated rings. The van der Waals surface area contributed by atoms with Crippen LogP contribution in [0.4, 0.5) is 17.5 Å². The molecule has 0 spiro atoms. The number of nitrogens with one attached hydrogen (secondary N) is 3. The molecule has 8 heteroatoms. The van der Waals surface area contributed by atoms with Gasteiger partial charge in [0.25, 0.3) is 0 Å². The van der Waals surface area contributed by atoms with Crippen LogP contribution in [-0.2, 0) is 0 Å². The van der Waals surface area contributed by atoms with Crippen LogP contribution in [0.15, 0.2) is 48.8 Å². The first-order valence-electron chi connectivity index (χ1n) is 9.91. The molecule has 3 N–H and O–H groups in total. The second kappa shape index (κ2) is 9.20. The van der Waals surface area contributed by atoms with Gasteiger partial charge >= 0.3 is 0 Å². The van der Waals surface area contributed by atoms with Crippen LogP contribution < -0.4 is 20.7 Å². The van der Waals surface area contributed by atoms with E-state index < -0.39 is 0 Å². The molecule has 8 nitrogen and oxygen atoms in total. The minimum atomic E-state index is 0.0280. The van der Waals surface area contributed by atoms with Crippen molar-refractivity contribution in [3.8, 4) is 22.9 Å². The summed E-state index contributed by atoms with van der Waals surface area (Å²) in [6, 6.07) is 13.8. The second-order valence-corrected chi connectivity index (χ2v) is 6.97. The predicted molar refractivity (Wildman–Crippen MR) is 116 cm³/mol. The molecular formula is C22H23N7O. The Labute approximate surface area is 175 Å². The Kier molecular flexibility index (Phi) is 6.01. The van der Waals surface area contributed by atoms with Gasteiger partial charge in [-0.15, -0.1) is 0 Å². The third-order valence-electron chi connectivity index (χ3n) is 4.87. The smallest absolute Gasteiger partial charge is 0.229 e. The highest BCUT2D eigenvalue weighted by molar-refractivity contribution is 5.75. The van der Waals surface area contributed by atoms with Gasteiger partial charge in [-0.25, -0.2) is 9.97 Å². The lowest BCUT2D eigenvalue weighted by atomic mass is 10.1. The maximum atomic E-state index is 9.37. The van der Waals surface area contributed by atoms with Crippen LogP contribution in [0, 0.1) is 11.3 Å². The van der Waals surface area contributed by atoms with E-state index in [1.54, 1.807) is 18.5 Å². The Bertz CT molecular complexity index is 1040. The van der Waals surface area contributed by atoms with Crippen molar-refractivity contribution in [3.63, 3.8) is 0 Å². The van der Waals surface area contributed by atoms with E-state index in [-0.39, 0.29) is 11.8 Å². The van der Waals surface area contributed by atoms with E-state index in [0.717, 1.165) is 37.1 Å². The quantitative estimate of drug-likeness (QED) is 0.577. The zero-order chi connectivity index (χ0) is 20.8. The first-order valence-corrected chi connectivity index (χ1v) is 9.91. The van der Waals surface area contributed by atoms with Crippen molar-refractivity contribution in [2.45, 2.75) is 18.9 Å². The minimum absolute atomic E-state index is 0.0280. The van der Waals surface area contributed by atoms with E-state index in [0.29, 0.717) is 23.2 Å². The summed E-state index contributed by atoms with van der Waals surface area (Å²) >= 11 is 0. The molecule has 1 unspecified atom stereocenters. The summed E-state index contributed by atoms with van der Waals surface area (Å²) in [6.45, 7) is 1.76. The fourth-order valence-electron chi connectivity index (χ4n) is 3.38. The van der Waals surface area contributed by atoms with Crippen molar-refractivity contribution in [1.82, 2.24) is 20.3 Å². The van der Waals surface area contributed by atoms with Crippen molar-refractivity contribution in [2.24, 2.45) is 0 Å². The molecule has 30 heavy (non-hydrogen) atoms. The number of anilines is 3. The number of aromatic nitrogens is 3. The van der Waals surface area contributed by atoms with Gasteiger partial charge < -0.3 is 20.7 Å². The van der Waals surface area contributed by atoms with Crippen LogP contribution in [0.3, 0.4) is 0 Å². The topological polar surface area (TPSA) is 108 Å². The first kappa shape index (κ1) is 19.6. The number of nitrogens with zero attached hydrogens (tertiary/aromatic N) is 4. The largest absolute Gasteiger partial charge is 0.486 e. The number of rotatable bonds is 6. The highest BCUT2D eigenvalue weighted by Crippen LogP contribution is 2.28. The molecule has 0 radical (unpaired) electrons. The lowest BCUT2D eigenvalue weighted by molar-refractivity contribution is 0.166. The zero-order valence-electron chi connectivity index (χ0n) is 16.7. The van der Waals surface area contributed by atoms with E-state index >= 15 is 0 Å². The Hall–Kier alpha value is -3.70. The Morgan fingerprint density at radius 3 is 2.80 bits per heavy atom. The van der Waals surface area contributed by atoms with Gasteiger partial charge in [0.15, 0.2) is 11.4 Å². The van der Waals surface area contributed by atoms with E-state index in [2.05, 4.69) is 37.0 Å². The number of ether oxygens (including phenoxy) is 1. The summed E-state index contributed by atoms with van der Waals surface area (Å²) in [7, 11) is 1.83. The average molecular weight is 401 g/mol. The third kappa shape index (κ3) is 4.47. The Balaban J connectivity index is 1.56. The number of pyridine rings is 1. The van der Waals surface area contributed by atoms with E-state index in [9.17, 15) is 5.26 Å². The summed E-state index contributed by atoms with van der Waals surface area (Å²) in [5.74, 6) is 1.60. The van der Waals surface area contributed by atoms with Gasteiger partial charge in [-0.2, -0.15) is 10.2 Å². The number of piperidine rings is 1. The van der Waals surface area contributed by atoms with Crippen molar-refractivity contribution in [3.05, 3.63) is 54.5 Å². The number of hydrogen-bond acceptors (Lipinski definition) is 8. The molecule has 4 rings (SSSR count). The van der Waals surface area contributed by atoms with Gasteiger partial charge in [-0.05, 0) is 24.9 Å². The Morgan fingerprint density at radius 2 is 2.07 bits per heavy atom. The first-order chi connectivity index (χ1) is 14.8. The van der Waals surface area contributed by atoms with E-state index in [1.165, 1.54) is 0 Å². The summed E-state index contributed by atoms with van der Waals surface area (Å²) in [5.41, 5.74) is 2.87. The predicted octanol–water partition coefficient (Wildman–Crippen LogP) is 3.33. The molecule has 0 aliphatic carbocycles. The second-order valence-electron chi connectivity index (χ2n) is 6.97. The summed E-state index contributed by atoms with van der Waals surface area (Å²) < 4.78 is 6.04. The van der Waals surface area contributed by atoms with Gasteiger partial charge in [0, 0.05) is 31.4 Å². The van der Waals surface area contributed by atoms with Crippen molar-refractivity contribution >= 4 is 17.5 Å². The van der Waals surface area contributed by atoms with Crippen LogP contribution in [0.1, 0.15) is 18.5 Å². The van der Waals surface area contributed by atoms with Gasteiger partial charge in [-0.1, -0.05) is 30.3 Å². The Morgan fingerprint density at radius 1 is 1.20 bits per heavy atom. The van der Waals surface area contributed by atoms with Crippen LogP contribution in [-0.4, -0.2) is 41.2 Å². The molecule has 1 aliphatic heterocycles. The maximum absolute atomic E-state index is 9.37. The molecule has 3 heterocycles. The standard InChI is InChI=1S/C22H23N7O/c1-24-21-18(15-6-3-2-4-7-15)14-27-22(29-21)28-16-10-20(19(11-23)26-12-16)30-17-8-5-9-25-13-17/h2-4,6-7,10,12,14,17,25H,5,8-9,13H2,1H3,(H2,24,27,28,29). The highest BCUT2D eigenvalue weighted by Gasteiger charge is 2.17. The molecule has 1 saturated heterocycles. The number of nitriles is 1. The van der Waals surface area contributed by atoms with Gasteiger partial charge in [0.05, 0.1) is 11.9 Å². The van der Waals surface area contributed by atoms with Crippen LogP contribution in [0.2, 0.25) is 0 Å². The van der Waals surface area contributed by atoms with Gasteiger partial charge in [-0.3, -0.25) is 0 Å². The van der Waals surface area contributed by atoms with Crippen molar-refractivity contribution < 1.29 is 4.74 Å². The molecule has 1 atom stereocenters. The highest BCUT2D eigenvalue weighted by atomic mass is 16.5. The average Bonchev–Trinajstić information content (AvgIpc) is 2.80. The van der Waals surface area contributed by atoms with Crippen molar-refractivity contribution in [2.75, 3.05) is 30.8 Å². The van der Waals surface area contributed by atoms with Gasteiger partial charge in [0.2, 0.25) is 5.95 Å². The molecule has 0 bridgehead atoms. The molecular weight excluding hydrogens is 378 g/mol. The maximum Gasteiger partial charge on any atom is 0.229 e. The number of benzene rings is 1. The minimum Gasteiger partial charge on any atom is -0.486 e. The molecule has 0 amide bonds. The SMILES string of the molecule is CNc1nc(Nc2cnc(C#N)c(OC3CCCNC3)c2)ncc1-c1ccccc1. The zero-order valence-corrected chi connectivity index (χ0v) is 16.7. The van der Waals surface area contributed by atoms with E-state index in [4.69, 9.17) is 4.74 Å². The lowest BCUT2D eigenvalue weighted by Crippen LogP contribution is -2.37. The molecule has 3 aromatic rings. The van der Waals surface area contributed by atoms with Crippen LogP contribution in [0.25, 0.3) is 11.1 Å². The van der Waals surface area contributed by atoms with E-state index in [1.807, 2.05) is 37.4 Å². The lowest BCUT2D eigenvalue weighted by Gasteiger charge is -2.24. The molecule has 1 aromatic carbocycles. The van der Waals surface area contributed by atoms with Crippen molar-refractivity contribution in [1.29, 1.82) is 5.26 Å². The molecule has 152 valence electrons. The number of hydrogen-bond donors (Lipinski definition) is 3. The van der Waals surface area contributed by atoms with Gasteiger partial charge in [0.1, 0.15) is 18.0 Å². The fraction of sp³-hybridized carbons (Fsp3) is 0.273. The van der Waals surface area contributed by atoms with Crippen LogP contribution >= 0.6 is 0 Å². The fourth-order valence-corrected chi connectivity index (χ4v) is 3.38.